The summed E-state index contributed by atoms with van der Waals surface area (Å²) in [5.74, 6) is -1.82. The Hall–Kier alpha value is -2.63. The molecule has 138 valence electrons. The highest BCUT2D eigenvalue weighted by molar-refractivity contribution is 5.96. The number of hydrogen-bond acceptors (Lipinski definition) is 2. The van der Waals surface area contributed by atoms with E-state index in [0.29, 0.717) is 5.56 Å². The number of nitrogens with zero attached hydrogens (tertiary/aromatic N) is 2. The number of amides is 1. The van der Waals surface area contributed by atoms with Gasteiger partial charge < -0.3 is 14.6 Å². The first-order valence-electron chi connectivity index (χ1n) is 8.69. The second-order valence-corrected chi connectivity index (χ2v) is 6.99. The number of aliphatic carboxylic acids is 1. The van der Waals surface area contributed by atoms with E-state index < -0.39 is 18.2 Å². The van der Waals surface area contributed by atoms with Crippen LogP contribution in [-0.2, 0) is 4.79 Å². The van der Waals surface area contributed by atoms with Gasteiger partial charge in [-0.25, -0.2) is 9.18 Å². The van der Waals surface area contributed by atoms with Crippen molar-refractivity contribution in [2.75, 3.05) is 13.1 Å². The molecule has 2 unspecified atom stereocenters. The minimum absolute atomic E-state index is 0.0515. The van der Waals surface area contributed by atoms with Gasteiger partial charge in [0.1, 0.15) is 0 Å². The van der Waals surface area contributed by atoms with Gasteiger partial charge in [0.25, 0.3) is 5.91 Å². The maximum absolute atomic E-state index is 14.3. The molecule has 0 aliphatic carbocycles. The molecule has 1 aromatic heterocycles. The molecule has 1 aliphatic rings. The third-order valence-corrected chi connectivity index (χ3v) is 5.27. The van der Waals surface area contributed by atoms with Crippen LogP contribution < -0.4 is 0 Å². The molecular formula is C20H23FN2O3. The van der Waals surface area contributed by atoms with E-state index in [1.54, 1.807) is 6.07 Å². The van der Waals surface area contributed by atoms with Crippen LogP contribution in [0.1, 0.15) is 46.7 Å². The second-order valence-electron chi connectivity index (χ2n) is 6.99. The molecule has 1 saturated heterocycles. The summed E-state index contributed by atoms with van der Waals surface area (Å²) < 4.78 is 16.4. The van der Waals surface area contributed by atoms with E-state index in [9.17, 15) is 14.0 Å². The van der Waals surface area contributed by atoms with Crippen LogP contribution in [0.25, 0.3) is 0 Å². The van der Waals surface area contributed by atoms with Crippen molar-refractivity contribution >= 4 is 11.9 Å². The maximum Gasteiger partial charge on any atom is 0.343 e. The number of rotatable bonds is 4. The molecule has 2 atom stereocenters. The Morgan fingerprint density at radius 3 is 2.46 bits per heavy atom. The second kappa shape index (κ2) is 6.59. The summed E-state index contributed by atoms with van der Waals surface area (Å²) in [5.41, 5.74) is 1.02. The van der Waals surface area contributed by atoms with Crippen molar-refractivity contribution in [1.82, 2.24) is 9.47 Å². The topological polar surface area (TPSA) is 62.5 Å². The van der Waals surface area contributed by atoms with E-state index in [-0.39, 0.29) is 24.9 Å². The molecule has 1 N–H and O–H groups in total. The van der Waals surface area contributed by atoms with E-state index in [2.05, 4.69) is 11.5 Å². The van der Waals surface area contributed by atoms with Crippen LogP contribution >= 0.6 is 0 Å². The Labute approximate surface area is 152 Å². The van der Waals surface area contributed by atoms with Crippen LogP contribution in [0.2, 0.25) is 0 Å². The molecule has 1 amide bonds. The fourth-order valence-electron chi connectivity index (χ4n) is 3.76. The van der Waals surface area contributed by atoms with Crippen LogP contribution in [0.3, 0.4) is 0 Å². The number of aryl methyl sites for hydroxylation is 1. The highest BCUT2D eigenvalue weighted by Crippen LogP contribution is 2.30. The lowest BCUT2D eigenvalue weighted by atomic mass is 10.1. The van der Waals surface area contributed by atoms with Crippen LogP contribution in [0.15, 0.2) is 36.4 Å². The van der Waals surface area contributed by atoms with Gasteiger partial charge in [-0.15, -0.1) is 0 Å². The number of halogens is 1. The van der Waals surface area contributed by atoms with Crippen molar-refractivity contribution in [3.63, 3.8) is 0 Å². The number of carboxylic acid groups (broad SMARTS) is 1. The first-order chi connectivity index (χ1) is 12.2. The Bertz CT molecular complexity index is 846. The lowest BCUT2D eigenvalue weighted by Gasteiger charge is -2.20. The minimum Gasteiger partial charge on any atom is -0.479 e. The Balaban J connectivity index is 1.89. The largest absolute Gasteiger partial charge is 0.479 e. The summed E-state index contributed by atoms with van der Waals surface area (Å²) in [5, 5.41) is 9.03. The van der Waals surface area contributed by atoms with Crippen molar-refractivity contribution in [1.29, 1.82) is 0 Å². The van der Waals surface area contributed by atoms with E-state index >= 15 is 0 Å². The predicted octanol–water partition coefficient (Wildman–Crippen LogP) is 3.35. The normalized spacial score (nSPS) is 21.0. The lowest BCUT2D eigenvalue weighted by Crippen LogP contribution is -2.39. The number of carboxylic acids is 1. The molecule has 26 heavy (non-hydrogen) atoms. The van der Waals surface area contributed by atoms with Gasteiger partial charge in [0.05, 0.1) is 18.2 Å². The van der Waals surface area contributed by atoms with Gasteiger partial charge >= 0.3 is 5.97 Å². The number of likely N-dealkylation sites (tertiary alicyclic amines) is 1. The number of alkyl halides is 1. The number of carbonyl (C=O) groups is 2. The third-order valence-electron chi connectivity index (χ3n) is 5.27. The third kappa shape index (κ3) is 3.00. The van der Waals surface area contributed by atoms with Crippen molar-refractivity contribution < 1.29 is 19.1 Å². The average molecular weight is 358 g/mol. The number of hydrogen-bond donors (Lipinski definition) is 1. The average Bonchev–Trinajstić information content (AvgIpc) is 3.16. The minimum atomic E-state index is -2.35. The van der Waals surface area contributed by atoms with Crippen LogP contribution in [0.5, 0.6) is 0 Å². The maximum atomic E-state index is 14.3. The number of carbonyl (C=O) groups excluding carboxylic acids is 1. The van der Waals surface area contributed by atoms with Crippen molar-refractivity contribution in [3.05, 3.63) is 58.9 Å². The fraction of sp³-hybridized carbons (Fsp3) is 0.400. The molecule has 5 nitrogen and oxygen atoms in total. The summed E-state index contributed by atoms with van der Waals surface area (Å²) in [7, 11) is 0. The van der Waals surface area contributed by atoms with Gasteiger partial charge in [0.15, 0.2) is 0 Å². The smallest absolute Gasteiger partial charge is 0.343 e. The van der Waals surface area contributed by atoms with Gasteiger partial charge in [-0.2, -0.15) is 0 Å². The summed E-state index contributed by atoms with van der Waals surface area (Å²) in [6, 6.07) is 11.8. The predicted molar refractivity (Wildman–Crippen MR) is 96.2 cm³/mol. The first-order valence-corrected chi connectivity index (χ1v) is 8.69. The van der Waals surface area contributed by atoms with E-state index in [4.69, 9.17) is 5.11 Å². The Kier molecular flexibility index (Phi) is 4.61. The van der Waals surface area contributed by atoms with Gasteiger partial charge in [-0.05, 0) is 32.4 Å². The summed E-state index contributed by atoms with van der Waals surface area (Å²) in [6.07, 6.45) is -0.173. The summed E-state index contributed by atoms with van der Waals surface area (Å²) >= 11 is 0. The summed E-state index contributed by atoms with van der Waals surface area (Å²) in [4.78, 5) is 25.2. The van der Waals surface area contributed by atoms with E-state index in [1.807, 2.05) is 44.2 Å². The van der Waals surface area contributed by atoms with E-state index in [0.717, 1.165) is 17.0 Å². The quantitative estimate of drug-likeness (QED) is 0.912. The van der Waals surface area contributed by atoms with Gasteiger partial charge in [0.2, 0.25) is 5.67 Å². The van der Waals surface area contributed by atoms with Gasteiger partial charge in [-0.1, -0.05) is 30.3 Å². The van der Waals surface area contributed by atoms with Crippen molar-refractivity contribution in [3.8, 4) is 0 Å². The highest BCUT2D eigenvalue weighted by atomic mass is 19.1. The van der Waals surface area contributed by atoms with Crippen LogP contribution in [0.4, 0.5) is 4.39 Å². The van der Waals surface area contributed by atoms with Crippen molar-refractivity contribution in [2.45, 2.75) is 38.9 Å². The first kappa shape index (κ1) is 18.2. The lowest BCUT2D eigenvalue weighted by molar-refractivity contribution is -0.149. The molecular weight excluding hydrogens is 335 g/mol. The molecule has 0 spiro atoms. The molecule has 0 bridgehead atoms. The molecule has 2 heterocycles. The fourth-order valence-corrected chi connectivity index (χ4v) is 3.76. The zero-order chi connectivity index (χ0) is 19.1. The standard InChI is InChI=1S/C20H23FN2O3/c1-13-11-17(18(24)22-10-9-20(21,12-22)19(25)26)15(3)23(13)14(2)16-7-5-4-6-8-16/h4-8,11,14H,9-10,12H2,1-3H3,(H,25,26). The Morgan fingerprint density at radius 1 is 1.23 bits per heavy atom. The van der Waals surface area contributed by atoms with Crippen molar-refractivity contribution in [2.24, 2.45) is 0 Å². The molecule has 6 heteroatoms. The zero-order valence-electron chi connectivity index (χ0n) is 15.2. The molecule has 1 aromatic carbocycles. The van der Waals surface area contributed by atoms with Crippen LogP contribution in [0, 0.1) is 13.8 Å². The van der Waals surface area contributed by atoms with Gasteiger partial charge in [0, 0.05) is 24.4 Å². The monoisotopic (exact) mass is 358 g/mol. The number of aromatic nitrogens is 1. The molecule has 2 aromatic rings. The molecule has 1 aliphatic heterocycles. The van der Waals surface area contributed by atoms with Crippen LogP contribution in [-0.4, -0.2) is 45.2 Å². The summed E-state index contributed by atoms with van der Waals surface area (Å²) in [6.45, 7) is 5.58. The highest BCUT2D eigenvalue weighted by Gasteiger charge is 2.47. The Morgan fingerprint density at radius 2 is 1.88 bits per heavy atom. The van der Waals surface area contributed by atoms with Gasteiger partial charge in [-0.3, -0.25) is 4.79 Å². The zero-order valence-corrected chi connectivity index (χ0v) is 15.2. The molecule has 3 rings (SSSR count). The number of benzene rings is 1. The molecule has 1 fully saturated rings. The SMILES string of the molecule is Cc1cc(C(=O)N2CCC(F)(C(=O)O)C2)c(C)n1C(C)c1ccccc1. The molecule has 0 radical (unpaired) electrons. The van der Waals surface area contributed by atoms with E-state index in [1.165, 1.54) is 4.90 Å². The molecule has 0 saturated carbocycles.